The van der Waals surface area contributed by atoms with Crippen molar-refractivity contribution in [3.8, 4) is 0 Å². The summed E-state index contributed by atoms with van der Waals surface area (Å²) in [4.78, 5) is 4.31. The lowest BCUT2D eigenvalue weighted by Crippen LogP contribution is -2.14. The van der Waals surface area contributed by atoms with E-state index in [9.17, 15) is 0 Å². The Bertz CT molecular complexity index is 289. The van der Waals surface area contributed by atoms with Gasteiger partial charge in [0.25, 0.3) is 0 Å². The maximum absolute atomic E-state index is 5.81. The highest BCUT2D eigenvalue weighted by atomic mass is 35.5. The lowest BCUT2D eigenvalue weighted by molar-refractivity contribution is 0.349. The van der Waals surface area contributed by atoms with Crippen molar-refractivity contribution in [3.05, 3.63) is 11.7 Å². The van der Waals surface area contributed by atoms with Crippen LogP contribution in [0.25, 0.3) is 0 Å². The van der Waals surface area contributed by atoms with Crippen molar-refractivity contribution in [1.82, 2.24) is 10.1 Å². The van der Waals surface area contributed by atoms with Crippen LogP contribution in [-0.4, -0.2) is 16.2 Å². The summed E-state index contributed by atoms with van der Waals surface area (Å²) >= 11 is 0. The lowest BCUT2D eigenvalue weighted by atomic mass is 10.1. The van der Waals surface area contributed by atoms with Crippen LogP contribution in [0, 0.1) is 0 Å². The molecule has 1 aromatic heterocycles. The van der Waals surface area contributed by atoms with E-state index in [1.807, 2.05) is 6.92 Å². The molecule has 2 atom stereocenters. The molecular formula is C9H16ClN3O. The van der Waals surface area contributed by atoms with E-state index in [0.29, 0.717) is 12.0 Å². The van der Waals surface area contributed by atoms with E-state index in [0.717, 1.165) is 37.4 Å². The number of hydrogen-bond donors (Lipinski definition) is 1. The highest BCUT2D eigenvalue weighted by molar-refractivity contribution is 5.85. The second kappa shape index (κ2) is 4.75. The molecule has 80 valence electrons. The van der Waals surface area contributed by atoms with Crippen LogP contribution in [0.1, 0.15) is 43.8 Å². The molecule has 0 aromatic carbocycles. The van der Waals surface area contributed by atoms with Crippen molar-refractivity contribution in [1.29, 1.82) is 0 Å². The van der Waals surface area contributed by atoms with Crippen molar-refractivity contribution < 1.29 is 4.52 Å². The minimum atomic E-state index is 0. The molecule has 1 aliphatic rings. The van der Waals surface area contributed by atoms with Crippen LogP contribution in [0.4, 0.5) is 0 Å². The fourth-order valence-corrected chi connectivity index (χ4v) is 1.82. The van der Waals surface area contributed by atoms with E-state index in [2.05, 4.69) is 10.1 Å². The summed E-state index contributed by atoms with van der Waals surface area (Å²) in [5.74, 6) is 1.99. The molecule has 0 unspecified atom stereocenters. The van der Waals surface area contributed by atoms with Gasteiger partial charge in [-0.3, -0.25) is 0 Å². The lowest BCUT2D eigenvalue weighted by Gasteiger charge is -2.01. The largest absolute Gasteiger partial charge is 0.339 e. The number of nitrogens with zero attached hydrogens (tertiary/aromatic N) is 2. The highest BCUT2D eigenvalue weighted by Crippen LogP contribution is 2.32. The van der Waals surface area contributed by atoms with Gasteiger partial charge >= 0.3 is 0 Å². The van der Waals surface area contributed by atoms with Gasteiger partial charge in [-0.2, -0.15) is 4.98 Å². The van der Waals surface area contributed by atoms with Crippen LogP contribution in [0.3, 0.4) is 0 Å². The zero-order valence-electron chi connectivity index (χ0n) is 8.27. The number of hydrogen-bond acceptors (Lipinski definition) is 4. The van der Waals surface area contributed by atoms with Gasteiger partial charge in [0.1, 0.15) is 0 Å². The monoisotopic (exact) mass is 217 g/mol. The SMILES string of the molecule is CCc1noc([C@H]2CC[C@@H](N)C2)n1.Cl. The van der Waals surface area contributed by atoms with Crippen molar-refractivity contribution in [2.45, 2.75) is 44.6 Å². The summed E-state index contributed by atoms with van der Waals surface area (Å²) in [6, 6.07) is 0.321. The Hall–Kier alpha value is -0.610. The fourth-order valence-electron chi connectivity index (χ4n) is 1.82. The third kappa shape index (κ3) is 2.25. The average Bonchev–Trinajstić information content (AvgIpc) is 2.71. The molecule has 0 bridgehead atoms. The second-order valence-corrected chi connectivity index (χ2v) is 3.67. The van der Waals surface area contributed by atoms with E-state index in [-0.39, 0.29) is 12.4 Å². The van der Waals surface area contributed by atoms with E-state index in [4.69, 9.17) is 10.3 Å². The summed E-state index contributed by atoms with van der Waals surface area (Å²) < 4.78 is 5.17. The maximum Gasteiger partial charge on any atom is 0.229 e. The summed E-state index contributed by atoms with van der Waals surface area (Å²) in [5, 5.41) is 3.88. The number of nitrogens with two attached hydrogens (primary N) is 1. The third-order valence-corrected chi connectivity index (χ3v) is 2.62. The van der Waals surface area contributed by atoms with Crippen LogP contribution >= 0.6 is 12.4 Å². The van der Waals surface area contributed by atoms with E-state index >= 15 is 0 Å². The number of aryl methyl sites for hydroxylation is 1. The van der Waals surface area contributed by atoms with Gasteiger partial charge in [0.05, 0.1) is 0 Å². The molecule has 1 aliphatic carbocycles. The molecule has 2 rings (SSSR count). The Labute approximate surface area is 89.7 Å². The topological polar surface area (TPSA) is 64.9 Å². The third-order valence-electron chi connectivity index (χ3n) is 2.62. The first kappa shape index (κ1) is 11.5. The van der Waals surface area contributed by atoms with Gasteiger partial charge in [-0.1, -0.05) is 12.1 Å². The molecule has 14 heavy (non-hydrogen) atoms. The molecule has 0 radical (unpaired) electrons. The van der Waals surface area contributed by atoms with Crippen molar-refractivity contribution in [2.24, 2.45) is 5.73 Å². The molecule has 1 heterocycles. The first-order chi connectivity index (χ1) is 6.29. The predicted molar refractivity (Wildman–Crippen MR) is 55.5 cm³/mol. The standard InChI is InChI=1S/C9H15N3O.ClH/c1-2-8-11-9(13-12-8)6-3-4-7(10)5-6;/h6-7H,2-5,10H2,1H3;1H/t6-,7+;/m0./s1. The van der Waals surface area contributed by atoms with Gasteiger partial charge in [-0.05, 0) is 19.3 Å². The minimum Gasteiger partial charge on any atom is -0.339 e. The van der Waals surface area contributed by atoms with Crippen LogP contribution in [0.2, 0.25) is 0 Å². The zero-order chi connectivity index (χ0) is 9.26. The predicted octanol–water partition coefficient (Wildman–Crippen LogP) is 1.65. The normalized spacial score (nSPS) is 26.1. The van der Waals surface area contributed by atoms with Gasteiger partial charge in [-0.25, -0.2) is 0 Å². The Morgan fingerprint density at radius 1 is 1.50 bits per heavy atom. The van der Waals surface area contributed by atoms with Crippen LogP contribution in [-0.2, 0) is 6.42 Å². The van der Waals surface area contributed by atoms with Crippen molar-refractivity contribution in [2.75, 3.05) is 0 Å². The molecule has 0 amide bonds. The molecule has 0 aliphatic heterocycles. The van der Waals surface area contributed by atoms with E-state index in [1.54, 1.807) is 0 Å². The molecular weight excluding hydrogens is 202 g/mol. The Kier molecular flexibility index (Phi) is 3.89. The molecule has 1 fully saturated rings. The van der Waals surface area contributed by atoms with Gasteiger partial charge in [0, 0.05) is 18.4 Å². The van der Waals surface area contributed by atoms with Gasteiger partial charge in [-0.15, -0.1) is 12.4 Å². The second-order valence-electron chi connectivity index (χ2n) is 3.67. The van der Waals surface area contributed by atoms with Crippen molar-refractivity contribution in [3.63, 3.8) is 0 Å². The quantitative estimate of drug-likeness (QED) is 0.818. The van der Waals surface area contributed by atoms with Crippen molar-refractivity contribution >= 4 is 12.4 Å². The van der Waals surface area contributed by atoms with E-state index in [1.165, 1.54) is 0 Å². The van der Waals surface area contributed by atoms with Gasteiger partial charge < -0.3 is 10.3 Å². The molecule has 0 saturated heterocycles. The number of aromatic nitrogens is 2. The average molecular weight is 218 g/mol. The molecule has 0 spiro atoms. The van der Waals surface area contributed by atoms with Gasteiger partial charge in [0.15, 0.2) is 5.82 Å². The molecule has 2 N–H and O–H groups in total. The fraction of sp³-hybridized carbons (Fsp3) is 0.778. The molecule has 5 heteroatoms. The Morgan fingerprint density at radius 2 is 2.29 bits per heavy atom. The number of rotatable bonds is 2. The van der Waals surface area contributed by atoms with Crippen LogP contribution in [0.15, 0.2) is 4.52 Å². The van der Waals surface area contributed by atoms with Crippen LogP contribution < -0.4 is 5.73 Å². The summed E-state index contributed by atoms with van der Waals surface area (Å²) in [6.45, 7) is 2.02. The number of halogens is 1. The Morgan fingerprint density at radius 3 is 2.79 bits per heavy atom. The van der Waals surface area contributed by atoms with E-state index < -0.39 is 0 Å². The molecule has 1 saturated carbocycles. The smallest absolute Gasteiger partial charge is 0.229 e. The first-order valence-electron chi connectivity index (χ1n) is 4.87. The summed E-state index contributed by atoms with van der Waals surface area (Å²) in [6.07, 6.45) is 3.99. The maximum atomic E-state index is 5.81. The molecule has 1 aromatic rings. The zero-order valence-corrected chi connectivity index (χ0v) is 9.09. The summed E-state index contributed by atoms with van der Waals surface area (Å²) in [5.41, 5.74) is 5.81. The first-order valence-corrected chi connectivity index (χ1v) is 4.87. The summed E-state index contributed by atoms with van der Waals surface area (Å²) in [7, 11) is 0. The minimum absolute atomic E-state index is 0. The molecule has 4 nitrogen and oxygen atoms in total. The van der Waals surface area contributed by atoms with Gasteiger partial charge in [0.2, 0.25) is 5.89 Å². The highest BCUT2D eigenvalue weighted by Gasteiger charge is 2.27. The van der Waals surface area contributed by atoms with Crippen LogP contribution in [0.5, 0.6) is 0 Å². The Balaban J connectivity index is 0.000000980.